The fourth-order valence-corrected chi connectivity index (χ4v) is 7.94. The molecule has 0 amide bonds. The Balaban J connectivity index is 1.05. The molecule has 0 saturated heterocycles. The van der Waals surface area contributed by atoms with Crippen molar-refractivity contribution in [1.29, 1.82) is 10.5 Å². The molecule has 4 heteroatoms. The molecule has 0 aliphatic rings. The van der Waals surface area contributed by atoms with Crippen molar-refractivity contribution in [2.24, 2.45) is 0 Å². The number of nitriles is 2. The zero-order valence-corrected chi connectivity index (χ0v) is 29.1. The summed E-state index contributed by atoms with van der Waals surface area (Å²) in [6.07, 6.45) is 0. The standard InChI is InChI=1S/C50H30N4/c51-31-33-9-13-35(14-10-33)37-17-23-41(24-18-37)53-47-7-3-1-5-43(47)45-29-39(21-27-49(45)53)40-22-28-50-46(30-40)44-6-2-4-8-48(44)54(50)42-25-19-38(20-26-42)36-15-11-34(32-52)12-16-36/h1-30H. The number of aromatic nitrogens is 2. The highest BCUT2D eigenvalue weighted by molar-refractivity contribution is 6.12. The number of para-hydroxylation sites is 2. The second kappa shape index (κ2) is 12.5. The Morgan fingerprint density at radius 2 is 0.611 bits per heavy atom. The Kier molecular flexibility index (Phi) is 7.22. The van der Waals surface area contributed by atoms with Crippen LogP contribution in [0.2, 0.25) is 0 Å². The van der Waals surface area contributed by atoms with Crippen molar-refractivity contribution >= 4 is 43.6 Å². The molecule has 0 radical (unpaired) electrons. The lowest BCUT2D eigenvalue weighted by Crippen LogP contribution is -1.94. The van der Waals surface area contributed by atoms with Crippen molar-refractivity contribution in [1.82, 2.24) is 9.13 Å². The zero-order chi connectivity index (χ0) is 36.2. The number of rotatable bonds is 5. The molecule has 0 atom stereocenters. The van der Waals surface area contributed by atoms with E-state index in [1.165, 1.54) is 43.7 Å². The van der Waals surface area contributed by atoms with Gasteiger partial charge in [-0.3, -0.25) is 0 Å². The van der Waals surface area contributed by atoms with Gasteiger partial charge in [-0.05, 0) is 118 Å². The first-order valence-electron chi connectivity index (χ1n) is 18.0. The monoisotopic (exact) mass is 686 g/mol. The fraction of sp³-hybridized carbons (Fsp3) is 0. The summed E-state index contributed by atoms with van der Waals surface area (Å²) in [6.45, 7) is 0. The van der Waals surface area contributed by atoms with Crippen molar-refractivity contribution in [3.05, 3.63) is 193 Å². The van der Waals surface area contributed by atoms with Gasteiger partial charge in [-0.25, -0.2) is 0 Å². The molecule has 10 rings (SSSR count). The highest BCUT2D eigenvalue weighted by Gasteiger charge is 2.16. The average Bonchev–Trinajstić information content (AvgIpc) is 3.76. The van der Waals surface area contributed by atoms with Crippen molar-refractivity contribution in [2.45, 2.75) is 0 Å². The van der Waals surface area contributed by atoms with Crippen LogP contribution in [0.4, 0.5) is 0 Å². The van der Waals surface area contributed by atoms with E-state index < -0.39 is 0 Å². The van der Waals surface area contributed by atoms with Gasteiger partial charge in [0.2, 0.25) is 0 Å². The number of hydrogen-bond donors (Lipinski definition) is 0. The normalized spacial score (nSPS) is 11.3. The molecule has 8 aromatic carbocycles. The Bertz CT molecular complexity index is 2910. The van der Waals surface area contributed by atoms with Crippen LogP contribution in [-0.2, 0) is 0 Å². The van der Waals surface area contributed by atoms with Gasteiger partial charge in [-0.15, -0.1) is 0 Å². The van der Waals surface area contributed by atoms with E-state index >= 15 is 0 Å². The second-order valence-corrected chi connectivity index (χ2v) is 13.6. The molecule has 250 valence electrons. The van der Waals surface area contributed by atoms with Crippen LogP contribution in [0.1, 0.15) is 11.1 Å². The summed E-state index contributed by atoms with van der Waals surface area (Å²) < 4.78 is 4.70. The molecule has 4 nitrogen and oxygen atoms in total. The van der Waals surface area contributed by atoms with Crippen LogP contribution in [0.5, 0.6) is 0 Å². The first kappa shape index (κ1) is 31.1. The number of hydrogen-bond acceptors (Lipinski definition) is 2. The van der Waals surface area contributed by atoms with Gasteiger partial charge in [0, 0.05) is 32.9 Å². The van der Waals surface area contributed by atoms with E-state index in [2.05, 4.69) is 155 Å². The number of fused-ring (bicyclic) bond motifs is 6. The van der Waals surface area contributed by atoms with Gasteiger partial charge < -0.3 is 9.13 Å². The van der Waals surface area contributed by atoms with Crippen molar-refractivity contribution in [3.8, 4) is 56.9 Å². The molecular weight excluding hydrogens is 657 g/mol. The van der Waals surface area contributed by atoms with Crippen LogP contribution in [-0.4, -0.2) is 9.13 Å². The zero-order valence-electron chi connectivity index (χ0n) is 29.1. The smallest absolute Gasteiger partial charge is 0.0991 e. The van der Waals surface area contributed by atoms with Crippen molar-refractivity contribution in [2.75, 3.05) is 0 Å². The lowest BCUT2D eigenvalue weighted by Gasteiger charge is -2.11. The minimum Gasteiger partial charge on any atom is -0.309 e. The van der Waals surface area contributed by atoms with E-state index in [1.54, 1.807) is 0 Å². The minimum atomic E-state index is 0.662. The van der Waals surface area contributed by atoms with Gasteiger partial charge in [0.1, 0.15) is 0 Å². The summed E-state index contributed by atoms with van der Waals surface area (Å²) in [5.74, 6) is 0. The number of nitrogens with zero attached hydrogens (tertiary/aromatic N) is 4. The molecule has 0 spiro atoms. The molecule has 2 heterocycles. The molecule has 0 unspecified atom stereocenters. The van der Waals surface area contributed by atoms with E-state index in [9.17, 15) is 10.5 Å². The topological polar surface area (TPSA) is 57.4 Å². The van der Waals surface area contributed by atoms with Gasteiger partial charge in [0.25, 0.3) is 0 Å². The van der Waals surface area contributed by atoms with Gasteiger partial charge in [0.15, 0.2) is 0 Å². The van der Waals surface area contributed by atoms with Gasteiger partial charge >= 0.3 is 0 Å². The molecule has 0 saturated carbocycles. The van der Waals surface area contributed by atoms with E-state index in [0.717, 1.165) is 44.7 Å². The highest BCUT2D eigenvalue weighted by atomic mass is 15.0. The molecule has 2 aromatic heterocycles. The molecule has 54 heavy (non-hydrogen) atoms. The third kappa shape index (κ3) is 5.06. The van der Waals surface area contributed by atoms with Crippen molar-refractivity contribution < 1.29 is 0 Å². The Hall–Kier alpha value is -7.66. The minimum absolute atomic E-state index is 0.662. The first-order chi connectivity index (χ1) is 26.7. The quantitative estimate of drug-likeness (QED) is 0.181. The molecule has 0 bridgehead atoms. The first-order valence-corrected chi connectivity index (χ1v) is 18.0. The van der Waals surface area contributed by atoms with E-state index in [-0.39, 0.29) is 0 Å². The highest BCUT2D eigenvalue weighted by Crippen LogP contribution is 2.39. The summed E-state index contributed by atoms with van der Waals surface area (Å²) in [5, 5.41) is 23.3. The Labute approximate surface area is 312 Å². The van der Waals surface area contributed by atoms with Crippen molar-refractivity contribution in [3.63, 3.8) is 0 Å². The summed E-state index contributed by atoms with van der Waals surface area (Å²) in [7, 11) is 0. The molecule has 0 fully saturated rings. The largest absolute Gasteiger partial charge is 0.309 e. The summed E-state index contributed by atoms with van der Waals surface area (Å²) in [6, 6.07) is 68.1. The maximum Gasteiger partial charge on any atom is 0.0991 e. The maximum absolute atomic E-state index is 9.20. The van der Waals surface area contributed by atoms with Crippen LogP contribution < -0.4 is 0 Å². The van der Waals surface area contributed by atoms with Crippen LogP contribution in [0.25, 0.3) is 88.4 Å². The van der Waals surface area contributed by atoms with E-state index in [0.29, 0.717) is 11.1 Å². The van der Waals surface area contributed by atoms with Crippen LogP contribution in [0.3, 0.4) is 0 Å². The van der Waals surface area contributed by atoms with Gasteiger partial charge in [-0.1, -0.05) is 97.1 Å². The molecule has 0 N–H and O–H groups in total. The molecule has 0 aliphatic carbocycles. The SMILES string of the molecule is N#Cc1ccc(-c2ccc(-n3c4ccccc4c4cc(-c5ccc6c(c5)c5ccccc5n6-c5ccc(-c6ccc(C#N)cc6)cc5)ccc43)cc2)cc1. The third-order valence-electron chi connectivity index (χ3n) is 10.6. The molecule has 10 aromatic rings. The average molecular weight is 687 g/mol. The summed E-state index contributed by atoms with van der Waals surface area (Å²) >= 11 is 0. The van der Waals surface area contributed by atoms with Crippen LogP contribution >= 0.6 is 0 Å². The molecule has 0 aliphatic heterocycles. The maximum atomic E-state index is 9.20. The second-order valence-electron chi connectivity index (χ2n) is 13.6. The van der Waals surface area contributed by atoms with E-state index in [4.69, 9.17) is 0 Å². The van der Waals surface area contributed by atoms with Crippen LogP contribution in [0.15, 0.2) is 182 Å². The predicted octanol–water partition coefficient (Wildman–Crippen LogP) is 12.6. The predicted molar refractivity (Wildman–Crippen MR) is 221 cm³/mol. The Morgan fingerprint density at radius 1 is 0.296 bits per heavy atom. The fourth-order valence-electron chi connectivity index (χ4n) is 7.94. The lowest BCUT2D eigenvalue weighted by molar-refractivity contribution is 1.18. The molecular formula is C50H30N4. The summed E-state index contributed by atoms with van der Waals surface area (Å²) in [4.78, 5) is 0. The van der Waals surface area contributed by atoms with E-state index in [1.807, 2.05) is 48.5 Å². The van der Waals surface area contributed by atoms with Crippen LogP contribution in [0, 0.1) is 22.7 Å². The van der Waals surface area contributed by atoms with Gasteiger partial charge in [0.05, 0.1) is 45.3 Å². The van der Waals surface area contributed by atoms with Gasteiger partial charge in [-0.2, -0.15) is 10.5 Å². The summed E-state index contributed by atoms with van der Waals surface area (Å²) in [5.41, 5.74) is 14.9. The number of benzene rings is 8. The third-order valence-corrected chi connectivity index (χ3v) is 10.6. The lowest BCUT2D eigenvalue weighted by atomic mass is 10.0. The Morgan fingerprint density at radius 3 is 0.981 bits per heavy atom.